The Morgan fingerprint density at radius 2 is 2.30 bits per heavy atom. The number of hydrogen-bond acceptors (Lipinski definition) is 2. The van der Waals surface area contributed by atoms with Crippen molar-refractivity contribution in [2.24, 2.45) is 0 Å². The van der Waals surface area contributed by atoms with Gasteiger partial charge in [-0.05, 0) is 26.4 Å². The van der Waals surface area contributed by atoms with E-state index in [9.17, 15) is 0 Å². The van der Waals surface area contributed by atoms with E-state index < -0.39 is 0 Å². The standard InChI is InChI=1S/C7H15NO.FH/c1-8-5-3-4-7(8)6-9-2;/h7H,3-6H2,1-2H3;1H/t7-;/m1./s1. The van der Waals surface area contributed by atoms with Gasteiger partial charge in [-0.15, -0.1) is 0 Å². The van der Waals surface area contributed by atoms with E-state index in [0.29, 0.717) is 6.04 Å². The molecule has 0 aromatic heterocycles. The van der Waals surface area contributed by atoms with Gasteiger partial charge in [0, 0.05) is 13.2 Å². The van der Waals surface area contributed by atoms with Crippen LogP contribution in [0.2, 0.25) is 0 Å². The summed E-state index contributed by atoms with van der Waals surface area (Å²) >= 11 is 0. The Bertz CT molecular complexity index is 89.7. The SMILES string of the molecule is COC[C@H]1CCCN1C.F. The first kappa shape index (κ1) is 9.85. The molecule has 2 nitrogen and oxygen atoms in total. The summed E-state index contributed by atoms with van der Waals surface area (Å²) in [7, 11) is 3.93. The molecule has 0 aromatic rings. The van der Waals surface area contributed by atoms with E-state index in [1.807, 2.05) is 0 Å². The summed E-state index contributed by atoms with van der Waals surface area (Å²) in [5.74, 6) is 0. The molecule has 1 saturated heterocycles. The zero-order valence-electron chi connectivity index (χ0n) is 6.67. The van der Waals surface area contributed by atoms with Gasteiger partial charge in [-0.2, -0.15) is 0 Å². The van der Waals surface area contributed by atoms with Crippen molar-refractivity contribution < 1.29 is 9.44 Å². The number of hydrogen-bond donors (Lipinski definition) is 0. The van der Waals surface area contributed by atoms with Gasteiger partial charge in [0.15, 0.2) is 0 Å². The average Bonchev–Trinajstić information content (AvgIpc) is 2.18. The van der Waals surface area contributed by atoms with Crippen molar-refractivity contribution in [3.8, 4) is 0 Å². The van der Waals surface area contributed by atoms with Crippen LogP contribution in [0.15, 0.2) is 0 Å². The summed E-state index contributed by atoms with van der Waals surface area (Å²) in [6.07, 6.45) is 2.65. The smallest absolute Gasteiger partial charge is 0.0617 e. The Morgan fingerprint density at radius 1 is 1.60 bits per heavy atom. The van der Waals surface area contributed by atoms with Crippen LogP contribution in [0.5, 0.6) is 0 Å². The van der Waals surface area contributed by atoms with Crippen molar-refractivity contribution in [1.82, 2.24) is 4.90 Å². The summed E-state index contributed by atoms with van der Waals surface area (Å²) in [5, 5.41) is 0. The second-order valence-corrected chi connectivity index (χ2v) is 2.73. The van der Waals surface area contributed by atoms with Crippen LogP contribution in [0.3, 0.4) is 0 Å². The number of halogens is 1. The molecule has 0 bridgehead atoms. The molecule has 0 N–H and O–H groups in total. The van der Waals surface area contributed by atoms with Gasteiger partial charge in [0.25, 0.3) is 0 Å². The second-order valence-electron chi connectivity index (χ2n) is 2.73. The predicted molar refractivity (Wildman–Crippen MR) is 40.0 cm³/mol. The molecule has 1 atom stereocenters. The first-order chi connectivity index (χ1) is 4.34. The maximum atomic E-state index is 5.05. The van der Waals surface area contributed by atoms with E-state index in [2.05, 4.69) is 11.9 Å². The van der Waals surface area contributed by atoms with Gasteiger partial charge >= 0.3 is 0 Å². The normalized spacial score (nSPS) is 26.4. The summed E-state index contributed by atoms with van der Waals surface area (Å²) < 4.78 is 5.05. The van der Waals surface area contributed by atoms with Crippen LogP contribution in [0, 0.1) is 0 Å². The molecule has 1 fully saturated rings. The number of rotatable bonds is 2. The monoisotopic (exact) mass is 149 g/mol. The first-order valence-electron chi connectivity index (χ1n) is 3.54. The molecule has 1 heterocycles. The quantitative estimate of drug-likeness (QED) is 0.578. The zero-order valence-corrected chi connectivity index (χ0v) is 6.67. The Labute approximate surface area is 61.5 Å². The maximum absolute atomic E-state index is 5.05. The molecular weight excluding hydrogens is 133 g/mol. The molecule has 0 unspecified atom stereocenters. The minimum absolute atomic E-state index is 0. The second kappa shape index (κ2) is 4.63. The van der Waals surface area contributed by atoms with Crippen molar-refractivity contribution in [2.75, 3.05) is 27.3 Å². The minimum atomic E-state index is 0. The van der Waals surface area contributed by atoms with Gasteiger partial charge in [-0.25, -0.2) is 0 Å². The summed E-state index contributed by atoms with van der Waals surface area (Å²) in [6.45, 7) is 2.14. The number of likely N-dealkylation sites (tertiary alicyclic amines) is 1. The number of nitrogens with zero attached hydrogens (tertiary/aromatic N) is 1. The topological polar surface area (TPSA) is 12.5 Å². The minimum Gasteiger partial charge on any atom is -0.383 e. The molecule has 1 aliphatic rings. The van der Waals surface area contributed by atoms with Crippen molar-refractivity contribution in [3.63, 3.8) is 0 Å². The van der Waals surface area contributed by atoms with Crippen LogP contribution in [0.1, 0.15) is 12.8 Å². The van der Waals surface area contributed by atoms with Crippen molar-refractivity contribution in [1.29, 1.82) is 0 Å². The van der Waals surface area contributed by atoms with E-state index in [1.165, 1.54) is 19.4 Å². The highest BCUT2D eigenvalue weighted by Crippen LogP contribution is 2.13. The lowest BCUT2D eigenvalue weighted by atomic mass is 10.2. The molecule has 0 aromatic carbocycles. The van der Waals surface area contributed by atoms with Gasteiger partial charge in [-0.1, -0.05) is 0 Å². The molecule has 10 heavy (non-hydrogen) atoms. The number of methoxy groups -OCH3 is 1. The van der Waals surface area contributed by atoms with Gasteiger partial charge < -0.3 is 9.64 Å². The maximum Gasteiger partial charge on any atom is 0.0617 e. The van der Waals surface area contributed by atoms with Gasteiger partial charge in [-0.3, -0.25) is 4.70 Å². The Morgan fingerprint density at radius 3 is 2.70 bits per heavy atom. The predicted octanol–water partition coefficient (Wildman–Crippen LogP) is 0.879. The van der Waals surface area contributed by atoms with Crippen LogP contribution in [0.25, 0.3) is 0 Å². The molecular formula is C7H16FNO. The highest BCUT2D eigenvalue weighted by Gasteiger charge is 2.19. The molecule has 3 heteroatoms. The Balaban J connectivity index is 0.000000810. The highest BCUT2D eigenvalue weighted by molar-refractivity contribution is 4.75. The third kappa shape index (κ3) is 2.23. The highest BCUT2D eigenvalue weighted by atomic mass is 19.0. The zero-order chi connectivity index (χ0) is 6.69. The largest absolute Gasteiger partial charge is 0.383 e. The van der Waals surface area contributed by atoms with Crippen molar-refractivity contribution >= 4 is 0 Å². The molecule has 1 rings (SSSR count). The fourth-order valence-corrected chi connectivity index (χ4v) is 1.38. The molecule has 0 radical (unpaired) electrons. The molecule has 0 saturated carbocycles. The third-order valence-corrected chi connectivity index (χ3v) is 2.03. The fraction of sp³-hybridized carbons (Fsp3) is 1.00. The number of likely N-dealkylation sites (N-methyl/N-ethyl adjacent to an activating group) is 1. The summed E-state index contributed by atoms with van der Waals surface area (Å²) in [5.41, 5.74) is 0. The molecule has 0 aliphatic carbocycles. The lowest BCUT2D eigenvalue weighted by molar-refractivity contribution is 0.129. The van der Waals surface area contributed by atoms with Gasteiger partial charge in [0.1, 0.15) is 0 Å². The lowest BCUT2D eigenvalue weighted by Gasteiger charge is -2.17. The van der Waals surface area contributed by atoms with Gasteiger partial charge in [0.2, 0.25) is 0 Å². The van der Waals surface area contributed by atoms with Crippen LogP contribution >= 0.6 is 0 Å². The van der Waals surface area contributed by atoms with E-state index in [1.54, 1.807) is 7.11 Å². The third-order valence-electron chi connectivity index (χ3n) is 2.03. The molecule has 1 aliphatic heterocycles. The van der Waals surface area contributed by atoms with E-state index in [4.69, 9.17) is 4.74 Å². The fourth-order valence-electron chi connectivity index (χ4n) is 1.38. The molecule has 0 amide bonds. The van der Waals surface area contributed by atoms with Crippen molar-refractivity contribution in [3.05, 3.63) is 0 Å². The van der Waals surface area contributed by atoms with Crippen molar-refractivity contribution in [2.45, 2.75) is 18.9 Å². The lowest BCUT2D eigenvalue weighted by Crippen LogP contribution is -2.28. The van der Waals surface area contributed by atoms with Crippen LogP contribution in [0.4, 0.5) is 4.70 Å². The van der Waals surface area contributed by atoms with Crippen LogP contribution < -0.4 is 0 Å². The first-order valence-corrected chi connectivity index (χ1v) is 3.54. The van der Waals surface area contributed by atoms with E-state index in [0.717, 1.165) is 6.61 Å². The Hall–Kier alpha value is -0.150. The van der Waals surface area contributed by atoms with Crippen LogP contribution in [-0.2, 0) is 4.74 Å². The van der Waals surface area contributed by atoms with E-state index in [-0.39, 0.29) is 4.70 Å². The summed E-state index contributed by atoms with van der Waals surface area (Å²) in [4.78, 5) is 2.36. The van der Waals surface area contributed by atoms with E-state index >= 15 is 0 Å². The number of ether oxygens (including phenoxy) is 1. The molecule has 0 spiro atoms. The molecule has 62 valence electrons. The van der Waals surface area contributed by atoms with Gasteiger partial charge in [0.05, 0.1) is 6.61 Å². The van der Waals surface area contributed by atoms with Crippen LogP contribution in [-0.4, -0.2) is 38.3 Å². The Kier molecular flexibility index (Phi) is 4.56. The average molecular weight is 149 g/mol. The summed E-state index contributed by atoms with van der Waals surface area (Å²) in [6, 6.07) is 0.690.